The standard InChI is InChI=1S/C10H7Br2N5O2/c11-5-1-2-7(6(12)3-5)16-10-8(17(18)19)9(13)14-4-15-10/h1-4H,(H3,13,14,15,16). The van der Waals surface area contributed by atoms with Crippen LogP contribution >= 0.6 is 31.9 Å². The fourth-order valence-electron chi connectivity index (χ4n) is 1.38. The summed E-state index contributed by atoms with van der Waals surface area (Å²) >= 11 is 6.67. The number of rotatable bonds is 3. The summed E-state index contributed by atoms with van der Waals surface area (Å²) in [6.07, 6.45) is 1.16. The van der Waals surface area contributed by atoms with Gasteiger partial charge in [-0.25, -0.2) is 9.97 Å². The van der Waals surface area contributed by atoms with Crippen LogP contribution in [0.1, 0.15) is 0 Å². The largest absolute Gasteiger partial charge is 0.378 e. The summed E-state index contributed by atoms with van der Waals surface area (Å²) < 4.78 is 1.61. The zero-order valence-electron chi connectivity index (χ0n) is 9.30. The third kappa shape index (κ3) is 2.99. The van der Waals surface area contributed by atoms with Crippen LogP contribution in [0.2, 0.25) is 0 Å². The minimum atomic E-state index is -0.621. The van der Waals surface area contributed by atoms with E-state index in [1.54, 1.807) is 18.2 Å². The highest BCUT2D eigenvalue weighted by atomic mass is 79.9. The lowest BCUT2D eigenvalue weighted by molar-refractivity contribution is -0.383. The summed E-state index contributed by atoms with van der Waals surface area (Å²) in [5, 5.41) is 13.8. The Bertz CT molecular complexity index is 650. The Balaban J connectivity index is 2.44. The maximum atomic E-state index is 11.0. The summed E-state index contributed by atoms with van der Waals surface area (Å²) in [4.78, 5) is 17.8. The van der Waals surface area contributed by atoms with Gasteiger partial charge in [0.1, 0.15) is 6.33 Å². The number of hydrogen-bond donors (Lipinski definition) is 2. The van der Waals surface area contributed by atoms with Crippen LogP contribution in [-0.4, -0.2) is 14.9 Å². The first-order valence-electron chi connectivity index (χ1n) is 4.96. The molecule has 0 saturated carbocycles. The third-order valence-electron chi connectivity index (χ3n) is 2.22. The van der Waals surface area contributed by atoms with Crippen molar-refractivity contribution in [1.29, 1.82) is 0 Å². The molecule has 0 aliphatic rings. The van der Waals surface area contributed by atoms with Crippen molar-refractivity contribution >= 4 is 54.9 Å². The highest BCUT2D eigenvalue weighted by Gasteiger charge is 2.21. The van der Waals surface area contributed by atoms with Gasteiger partial charge < -0.3 is 11.1 Å². The molecule has 9 heteroatoms. The lowest BCUT2D eigenvalue weighted by Gasteiger charge is -2.08. The molecule has 0 bridgehead atoms. The molecule has 0 radical (unpaired) electrons. The van der Waals surface area contributed by atoms with Crippen LogP contribution in [0.3, 0.4) is 0 Å². The number of anilines is 3. The number of benzene rings is 1. The van der Waals surface area contributed by atoms with E-state index < -0.39 is 4.92 Å². The van der Waals surface area contributed by atoms with Gasteiger partial charge in [-0.1, -0.05) is 15.9 Å². The molecule has 1 aromatic carbocycles. The van der Waals surface area contributed by atoms with Crippen LogP contribution < -0.4 is 11.1 Å². The van der Waals surface area contributed by atoms with E-state index in [9.17, 15) is 10.1 Å². The topological polar surface area (TPSA) is 107 Å². The summed E-state index contributed by atoms with van der Waals surface area (Å²) in [5.41, 5.74) is 5.77. The number of aromatic nitrogens is 2. The molecule has 0 aliphatic heterocycles. The smallest absolute Gasteiger partial charge is 0.353 e. The van der Waals surface area contributed by atoms with Crippen LogP contribution in [0.25, 0.3) is 0 Å². The minimum absolute atomic E-state index is 0.0422. The van der Waals surface area contributed by atoms with Gasteiger partial charge in [-0.2, -0.15) is 0 Å². The van der Waals surface area contributed by atoms with Crippen LogP contribution in [0.15, 0.2) is 33.5 Å². The summed E-state index contributed by atoms with van der Waals surface area (Å²) in [5.74, 6) is -0.142. The first-order chi connectivity index (χ1) is 8.99. The van der Waals surface area contributed by atoms with Crippen molar-refractivity contribution in [2.75, 3.05) is 11.1 Å². The van der Waals surface area contributed by atoms with Gasteiger partial charge in [0.15, 0.2) is 0 Å². The summed E-state index contributed by atoms with van der Waals surface area (Å²) in [6.45, 7) is 0. The van der Waals surface area contributed by atoms with Gasteiger partial charge in [0.25, 0.3) is 0 Å². The Morgan fingerprint density at radius 3 is 2.68 bits per heavy atom. The molecule has 2 rings (SSSR count). The number of halogens is 2. The minimum Gasteiger partial charge on any atom is -0.378 e. The maximum Gasteiger partial charge on any atom is 0.353 e. The van der Waals surface area contributed by atoms with Crippen molar-refractivity contribution in [2.45, 2.75) is 0 Å². The van der Waals surface area contributed by atoms with Crippen LogP contribution in [0, 0.1) is 10.1 Å². The molecule has 0 saturated heterocycles. The first-order valence-corrected chi connectivity index (χ1v) is 6.54. The van der Waals surface area contributed by atoms with Crippen molar-refractivity contribution in [3.05, 3.63) is 43.6 Å². The van der Waals surface area contributed by atoms with Crippen LogP contribution in [-0.2, 0) is 0 Å². The molecule has 0 aliphatic carbocycles. The highest BCUT2D eigenvalue weighted by Crippen LogP contribution is 2.33. The molecule has 98 valence electrons. The van der Waals surface area contributed by atoms with Gasteiger partial charge in [-0.05, 0) is 34.1 Å². The predicted molar refractivity (Wildman–Crippen MR) is 78.2 cm³/mol. The van der Waals surface area contributed by atoms with Crippen molar-refractivity contribution in [3.63, 3.8) is 0 Å². The molecule has 0 atom stereocenters. The van der Waals surface area contributed by atoms with Crippen molar-refractivity contribution in [1.82, 2.24) is 9.97 Å². The second-order valence-electron chi connectivity index (χ2n) is 3.46. The molecule has 0 unspecified atom stereocenters. The Kier molecular flexibility index (Phi) is 3.96. The predicted octanol–water partition coefficient (Wildman–Crippen LogP) is 3.24. The molecule has 0 spiro atoms. The van der Waals surface area contributed by atoms with Gasteiger partial charge in [0.2, 0.25) is 11.6 Å². The van der Waals surface area contributed by atoms with E-state index in [4.69, 9.17) is 5.73 Å². The Morgan fingerprint density at radius 1 is 1.32 bits per heavy atom. The molecule has 2 aromatic rings. The van der Waals surface area contributed by atoms with Crippen LogP contribution in [0.4, 0.5) is 23.0 Å². The van der Waals surface area contributed by atoms with E-state index in [2.05, 4.69) is 47.1 Å². The molecule has 1 aromatic heterocycles. The lowest BCUT2D eigenvalue weighted by atomic mass is 10.3. The van der Waals surface area contributed by atoms with E-state index in [0.717, 1.165) is 15.3 Å². The maximum absolute atomic E-state index is 11.0. The number of nitrogens with two attached hydrogens (primary N) is 1. The first kappa shape index (κ1) is 13.7. The quantitative estimate of drug-likeness (QED) is 0.617. The average Bonchev–Trinajstić information content (AvgIpc) is 2.32. The van der Waals surface area contributed by atoms with Crippen molar-refractivity contribution in [2.24, 2.45) is 0 Å². The fourth-order valence-corrected chi connectivity index (χ4v) is 2.53. The Morgan fingerprint density at radius 2 is 2.05 bits per heavy atom. The van der Waals surface area contributed by atoms with E-state index in [1.165, 1.54) is 0 Å². The second kappa shape index (κ2) is 5.49. The Labute approximate surface area is 124 Å². The monoisotopic (exact) mass is 387 g/mol. The number of nitrogen functional groups attached to an aromatic ring is 1. The van der Waals surface area contributed by atoms with Crippen molar-refractivity contribution in [3.8, 4) is 0 Å². The zero-order chi connectivity index (χ0) is 14.0. The normalized spacial score (nSPS) is 10.2. The van der Waals surface area contributed by atoms with Gasteiger partial charge >= 0.3 is 5.69 Å². The lowest BCUT2D eigenvalue weighted by Crippen LogP contribution is -2.05. The fraction of sp³-hybridized carbons (Fsp3) is 0. The SMILES string of the molecule is Nc1ncnc(Nc2ccc(Br)cc2Br)c1[N+](=O)[O-]. The second-order valence-corrected chi connectivity index (χ2v) is 5.23. The zero-order valence-corrected chi connectivity index (χ0v) is 12.5. The molecule has 0 fully saturated rings. The highest BCUT2D eigenvalue weighted by molar-refractivity contribution is 9.11. The van der Waals surface area contributed by atoms with Crippen molar-refractivity contribution < 1.29 is 4.92 Å². The van der Waals surface area contributed by atoms with Gasteiger partial charge in [-0.3, -0.25) is 10.1 Å². The summed E-state index contributed by atoms with van der Waals surface area (Å²) in [6, 6.07) is 5.35. The average molecular weight is 389 g/mol. The van der Waals surface area contributed by atoms with E-state index in [0.29, 0.717) is 5.69 Å². The van der Waals surface area contributed by atoms with Crippen LogP contribution in [0.5, 0.6) is 0 Å². The number of nitro groups is 1. The Hall–Kier alpha value is -1.74. The summed E-state index contributed by atoms with van der Waals surface area (Å²) in [7, 11) is 0. The number of nitrogens with zero attached hydrogens (tertiary/aromatic N) is 3. The molecule has 7 nitrogen and oxygen atoms in total. The van der Waals surface area contributed by atoms with Gasteiger partial charge in [0, 0.05) is 8.95 Å². The molecule has 1 heterocycles. The molecular weight excluding hydrogens is 382 g/mol. The van der Waals surface area contributed by atoms with E-state index in [-0.39, 0.29) is 17.3 Å². The third-order valence-corrected chi connectivity index (χ3v) is 3.37. The molecular formula is C10H7Br2N5O2. The number of hydrogen-bond acceptors (Lipinski definition) is 6. The number of nitrogens with one attached hydrogen (secondary N) is 1. The molecule has 3 N–H and O–H groups in total. The van der Waals surface area contributed by atoms with E-state index >= 15 is 0 Å². The van der Waals surface area contributed by atoms with E-state index in [1.807, 2.05) is 0 Å². The molecule has 0 amide bonds. The molecule has 19 heavy (non-hydrogen) atoms. The van der Waals surface area contributed by atoms with Gasteiger partial charge in [-0.15, -0.1) is 0 Å². The van der Waals surface area contributed by atoms with Gasteiger partial charge in [0.05, 0.1) is 10.6 Å².